The molecule has 2 atom stereocenters. The summed E-state index contributed by atoms with van der Waals surface area (Å²) < 4.78 is 22.6. The molecule has 1 saturated heterocycles. The molecule has 17 heavy (non-hydrogen) atoms. The van der Waals surface area contributed by atoms with Crippen LogP contribution < -0.4 is 5.32 Å². The number of hydrogen-bond donors (Lipinski definition) is 2. The number of hydrogen-bond acceptors (Lipinski definition) is 4. The van der Waals surface area contributed by atoms with Crippen molar-refractivity contribution in [2.75, 3.05) is 16.8 Å². The summed E-state index contributed by atoms with van der Waals surface area (Å²) in [7, 11) is -3.13. The third-order valence-electron chi connectivity index (χ3n) is 2.54. The average Bonchev–Trinajstić information content (AvgIpc) is 2.44. The standard InChI is InChI=1S/C10H12ClNO3S.ClH/c11-7-3-1-2-4-8(7)12-9-5-16(14,15)6-10(9)13;/h1-4,9-10,12-13H,5-6H2;1H. The Kier molecular flexibility index (Phi) is 4.66. The van der Waals surface area contributed by atoms with Gasteiger partial charge in [0.1, 0.15) is 0 Å². The highest BCUT2D eigenvalue weighted by Crippen LogP contribution is 2.24. The molecule has 4 nitrogen and oxygen atoms in total. The predicted octanol–water partition coefficient (Wildman–Crippen LogP) is 1.33. The van der Waals surface area contributed by atoms with Gasteiger partial charge >= 0.3 is 0 Å². The summed E-state index contributed by atoms with van der Waals surface area (Å²) in [5.74, 6) is -0.242. The lowest BCUT2D eigenvalue weighted by Crippen LogP contribution is -2.31. The first-order chi connectivity index (χ1) is 7.48. The van der Waals surface area contributed by atoms with Crippen molar-refractivity contribution in [1.82, 2.24) is 0 Å². The number of aliphatic hydroxyl groups is 1. The Labute approximate surface area is 111 Å². The van der Waals surface area contributed by atoms with E-state index < -0.39 is 22.0 Å². The topological polar surface area (TPSA) is 66.4 Å². The Morgan fingerprint density at radius 3 is 2.47 bits per heavy atom. The summed E-state index contributed by atoms with van der Waals surface area (Å²) in [5, 5.41) is 13.1. The van der Waals surface area contributed by atoms with E-state index in [1.165, 1.54) is 0 Å². The highest BCUT2D eigenvalue weighted by molar-refractivity contribution is 7.91. The first-order valence-corrected chi connectivity index (χ1v) is 7.07. The lowest BCUT2D eigenvalue weighted by Gasteiger charge is -2.17. The van der Waals surface area contributed by atoms with E-state index in [4.69, 9.17) is 11.6 Å². The van der Waals surface area contributed by atoms with Crippen molar-refractivity contribution in [3.05, 3.63) is 29.3 Å². The number of rotatable bonds is 2. The molecular weight excluding hydrogens is 285 g/mol. The lowest BCUT2D eigenvalue weighted by molar-refractivity contribution is 0.190. The van der Waals surface area contributed by atoms with Crippen molar-refractivity contribution in [3.8, 4) is 0 Å². The number of halogens is 2. The van der Waals surface area contributed by atoms with Crippen molar-refractivity contribution >= 4 is 39.5 Å². The molecule has 1 fully saturated rings. The highest BCUT2D eigenvalue weighted by Gasteiger charge is 2.36. The summed E-state index contributed by atoms with van der Waals surface area (Å²) in [6, 6.07) is 6.56. The molecule has 0 radical (unpaired) electrons. The molecule has 2 unspecified atom stereocenters. The molecule has 1 heterocycles. The molecule has 2 rings (SSSR count). The predicted molar refractivity (Wildman–Crippen MR) is 70.8 cm³/mol. The number of sulfone groups is 1. The molecule has 0 aliphatic carbocycles. The molecule has 96 valence electrons. The Hall–Kier alpha value is -0.490. The van der Waals surface area contributed by atoms with Crippen LogP contribution in [0.4, 0.5) is 5.69 Å². The van der Waals surface area contributed by atoms with Gasteiger partial charge in [-0.15, -0.1) is 12.4 Å². The van der Waals surface area contributed by atoms with E-state index in [9.17, 15) is 13.5 Å². The first-order valence-electron chi connectivity index (χ1n) is 4.87. The maximum Gasteiger partial charge on any atom is 0.155 e. The van der Waals surface area contributed by atoms with Crippen LogP contribution in [0.15, 0.2) is 24.3 Å². The van der Waals surface area contributed by atoms with Crippen LogP contribution in [-0.4, -0.2) is 37.2 Å². The van der Waals surface area contributed by atoms with Gasteiger partial charge in [-0.05, 0) is 12.1 Å². The van der Waals surface area contributed by atoms with Gasteiger partial charge in [0.2, 0.25) is 0 Å². The maximum absolute atomic E-state index is 11.3. The van der Waals surface area contributed by atoms with Crippen molar-refractivity contribution in [3.63, 3.8) is 0 Å². The van der Waals surface area contributed by atoms with Crippen LogP contribution in [-0.2, 0) is 9.84 Å². The summed E-state index contributed by atoms with van der Waals surface area (Å²) in [6.45, 7) is 0. The molecule has 0 aromatic heterocycles. The monoisotopic (exact) mass is 297 g/mol. The smallest absolute Gasteiger partial charge is 0.155 e. The maximum atomic E-state index is 11.3. The molecule has 1 aromatic rings. The molecule has 0 spiro atoms. The Balaban J connectivity index is 0.00000144. The molecule has 7 heteroatoms. The molecule has 1 aliphatic rings. The van der Waals surface area contributed by atoms with Gasteiger partial charge in [-0.3, -0.25) is 0 Å². The van der Waals surface area contributed by atoms with Crippen LogP contribution in [0.5, 0.6) is 0 Å². The fourth-order valence-corrected chi connectivity index (χ4v) is 3.68. The van der Waals surface area contributed by atoms with E-state index in [1.54, 1.807) is 24.3 Å². The lowest BCUT2D eigenvalue weighted by atomic mass is 10.2. The van der Waals surface area contributed by atoms with Crippen LogP contribution in [0.1, 0.15) is 0 Å². The van der Waals surface area contributed by atoms with Crippen LogP contribution >= 0.6 is 24.0 Å². The molecule has 1 aromatic carbocycles. The minimum atomic E-state index is -3.13. The number of anilines is 1. The average molecular weight is 298 g/mol. The summed E-state index contributed by atoms with van der Waals surface area (Å²) >= 11 is 5.93. The van der Waals surface area contributed by atoms with Gasteiger partial charge in [-0.1, -0.05) is 23.7 Å². The van der Waals surface area contributed by atoms with Crippen molar-refractivity contribution < 1.29 is 13.5 Å². The third-order valence-corrected chi connectivity index (χ3v) is 4.58. The Morgan fingerprint density at radius 1 is 1.29 bits per heavy atom. The second kappa shape index (κ2) is 5.44. The van der Waals surface area contributed by atoms with E-state index in [2.05, 4.69) is 5.32 Å². The van der Waals surface area contributed by atoms with Crippen molar-refractivity contribution in [2.24, 2.45) is 0 Å². The van der Waals surface area contributed by atoms with E-state index >= 15 is 0 Å². The number of para-hydroxylation sites is 1. The molecule has 0 bridgehead atoms. The van der Waals surface area contributed by atoms with Crippen molar-refractivity contribution in [1.29, 1.82) is 0 Å². The second-order valence-corrected chi connectivity index (χ2v) is 6.44. The Morgan fingerprint density at radius 2 is 1.94 bits per heavy atom. The third kappa shape index (κ3) is 3.48. The van der Waals surface area contributed by atoms with E-state index in [1.807, 2.05) is 0 Å². The molecule has 0 amide bonds. The van der Waals surface area contributed by atoms with Crippen molar-refractivity contribution in [2.45, 2.75) is 12.1 Å². The number of aliphatic hydroxyl groups excluding tert-OH is 1. The SMILES string of the molecule is Cl.O=S1(=O)CC(O)C(Nc2ccccc2Cl)C1. The molecule has 0 saturated carbocycles. The van der Waals surface area contributed by atoms with E-state index in [0.29, 0.717) is 10.7 Å². The molecule has 2 N–H and O–H groups in total. The fourth-order valence-electron chi connectivity index (χ4n) is 1.74. The van der Waals surface area contributed by atoms with Crippen LogP contribution in [0.2, 0.25) is 5.02 Å². The van der Waals surface area contributed by atoms with Crippen LogP contribution in [0, 0.1) is 0 Å². The van der Waals surface area contributed by atoms with Gasteiger partial charge in [0.05, 0.1) is 34.4 Å². The Bertz CT molecular complexity index is 492. The van der Waals surface area contributed by atoms with Gasteiger partial charge < -0.3 is 10.4 Å². The second-order valence-electron chi connectivity index (χ2n) is 3.87. The van der Waals surface area contributed by atoms with Gasteiger partial charge in [-0.2, -0.15) is 0 Å². The number of nitrogens with one attached hydrogen (secondary N) is 1. The molecule has 1 aliphatic heterocycles. The molecular formula is C10H13Cl2NO3S. The van der Waals surface area contributed by atoms with Gasteiger partial charge in [0.25, 0.3) is 0 Å². The fraction of sp³-hybridized carbons (Fsp3) is 0.400. The van der Waals surface area contributed by atoms with Gasteiger partial charge in [0, 0.05) is 0 Å². The van der Waals surface area contributed by atoms with Crippen LogP contribution in [0.3, 0.4) is 0 Å². The summed E-state index contributed by atoms with van der Waals surface area (Å²) in [5.41, 5.74) is 0.644. The first kappa shape index (κ1) is 14.6. The van der Waals surface area contributed by atoms with Crippen LogP contribution in [0.25, 0.3) is 0 Å². The zero-order valence-electron chi connectivity index (χ0n) is 8.84. The zero-order chi connectivity index (χ0) is 11.8. The largest absolute Gasteiger partial charge is 0.390 e. The van der Waals surface area contributed by atoms with E-state index in [-0.39, 0.29) is 23.9 Å². The summed E-state index contributed by atoms with van der Waals surface area (Å²) in [4.78, 5) is 0. The normalized spacial score (nSPS) is 26.2. The van der Waals surface area contributed by atoms with Gasteiger partial charge in [-0.25, -0.2) is 8.42 Å². The van der Waals surface area contributed by atoms with Gasteiger partial charge in [0.15, 0.2) is 9.84 Å². The van der Waals surface area contributed by atoms with E-state index in [0.717, 1.165) is 0 Å². The quantitative estimate of drug-likeness (QED) is 0.864. The number of benzene rings is 1. The highest BCUT2D eigenvalue weighted by atomic mass is 35.5. The summed E-state index contributed by atoms with van der Waals surface area (Å²) in [6.07, 6.45) is -0.874. The minimum absolute atomic E-state index is 0. The zero-order valence-corrected chi connectivity index (χ0v) is 11.2. The minimum Gasteiger partial charge on any atom is -0.390 e.